The molecule has 5 heteroatoms. The Kier molecular flexibility index (Phi) is 5.04. The molecule has 0 aliphatic rings. The van der Waals surface area contributed by atoms with Crippen molar-refractivity contribution in [3.63, 3.8) is 0 Å². The Morgan fingerprint density at radius 2 is 2.00 bits per heavy atom. The summed E-state index contributed by atoms with van der Waals surface area (Å²) >= 11 is 1.57. The molecule has 0 aliphatic heterocycles. The molecule has 25 heavy (non-hydrogen) atoms. The number of hydrogen-bond donors (Lipinski definition) is 1. The van der Waals surface area contributed by atoms with Gasteiger partial charge in [0.05, 0.1) is 6.42 Å². The zero-order chi connectivity index (χ0) is 18.0. The molecule has 0 fully saturated rings. The number of aliphatic carboxylic acids is 1. The van der Waals surface area contributed by atoms with E-state index in [-0.39, 0.29) is 6.42 Å². The van der Waals surface area contributed by atoms with Crippen LogP contribution in [0.15, 0.2) is 29.6 Å². The molecule has 3 rings (SSSR count). The molecule has 1 aromatic carbocycles. The topological polar surface area (TPSA) is 59.4 Å². The van der Waals surface area contributed by atoms with Crippen LogP contribution in [0.4, 0.5) is 0 Å². The maximum Gasteiger partial charge on any atom is 0.307 e. The average Bonchev–Trinajstić information content (AvgIpc) is 2.95. The summed E-state index contributed by atoms with van der Waals surface area (Å²) in [7, 11) is 0. The van der Waals surface area contributed by atoms with Gasteiger partial charge in [0.25, 0.3) is 0 Å². The largest absolute Gasteiger partial charge is 0.489 e. The number of aryl methyl sites for hydroxylation is 3. The molecule has 2 aromatic heterocycles. The summed E-state index contributed by atoms with van der Waals surface area (Å²) in [6.45, 7) is 6.52. The van der Waals surface area contributed by atoms with Crippen LogP contribution in [0.2, 0.25) is 0 Å². The number of fused-ring (bicyclic) bond motifs is 1. The van der Waals surface area contributed by atoms with Crippen LogP contribution in [0.3, 0.4) is 0 Å². The molecule has 2 heterocycles. The van der Waals surface area contributed by atoms with Crippen molar-refractivity contribution < 1.29 is 14.6 Å². The zero-order valence-electron chi connectivity index (χ0n) is 14.6. The first-order valence-electron chi connectivity index (χ1n) is 8.28. The Morgan fingerprint density at radius 3 is 2.68 bits per heavy atom. The molecule has 0 aliphatic carbocycles. The molecular formula is C20H21NO3S. The van der Waals surface area contributed by atoms with Crippen molar-refractivity contribution in [1.29, 1.82) is 0 Å². The minimum Gasteiger partial charge on any atom is -0.489 e. The summed E-state index contributed by atoms with van der Waals surface area (Å²) < 4.78 is 7.08. The molecule has 130 valence electrons. The van der Waals surface area contributed by atoms with Crippen LogP contribution in [0, 0.1) is 13.8 Å². The summed E-state index contributed by atoms with van der Waals surface area (Å²) in [5.74, 6) is 0.0116. The lowest BCUT2D eigenvalue weighted by atomic mass is 10.0. The maximum absolute atomic E-state index is 11.1. The molecule has 0 spiro atoms. The van der Waals surface area contributed by atoms with Crippen LogP contribution in [-0.2, 0) is 24.2 Å². The summed E-state index contributed by atoms with van der Waals surface area (Å²) in [6.07, 6.45) is 0.892. The first-order valence-corrected chi connectivity index (χ1v) is 9.16. The van der Waals surface area contributed by atoms with Crippen LogP contribution in [-0.4, -0.2) is 16.1 Å². The van der Waals surface area contributed by atoms with Gasteiger partial charge in [-0.25, -0.2) is 0 Å². The van der Waals surface area contributed by atoms with E-state index in [1.54, 1.807) is 11.3 Å². The molecule has 0 atom stereocenters. The number of benzene rings is 1. The minimum atomic E-state index is -0.801. The van der Waals surface area contributed by atoms with Crippen molar-refractivity contribution in [2.75, 3.05) is 0 Å². The van der Waals surface area contributed by atoms with Crippen molar-refractivity contribution in [3.8, 4) is 5.75 Å². The Labute approximate surface area is 151 Å². The van der Waals surface area contributed by atoms with Crippen molar-refractivity contribution in [1.82, 2.24) is 4.98 Å². The van der Waals surface area contributed by atoms with Crippen LogP contribution in [0.5, 0.6) is 5.75 Å². The highest BCUT2D eigenvalue weighted by Crippen LogP contribution is 2.34. The van der Waals surface area contributed by atoms with E-state index < -0.39 is 5.97 Å². The fourth-order valence-electron chi connectivity index (χ4n) is 2.98. The number of nitrogens with zero attached hydrogens (tertiary/aromatic N) is 1. The average molecular weight is 355 g/mol. The second-order valence-corrected chi connectivity index (χ2v) is 7.04. The predicted octanol–water partition coefficient (Wildman–Crippen LogP) is 4.68. The lowest BCUT2D eigenvalue weighted by Crippen LogP contribution is -2.02. The van der Waals surface area contributed by atoms with Gasteiger partial charge >= 0.3 is 5.97 Å². The molecule has 0 unspecified atom stereocenters. The summed E-state index contributed by atoms with van der Waals surface area (Å²) in [5.41, 5.74) is 5.07. The van der Waals surface area contributed by atoms with Gasteiger partial charge < -0.3 is 9.84 Å². The number of carboxylic acid groups (broad SMARTS) is 1. The molecule has 3 aromatic rings. The van der Waals surface area contributed by atoms with Gasteiger partial charge in [-0.3, -0.25) is 9.78 Å². The monoisotopic (exact) mass is 355 g/mol. The SMILES string of the molecule is CCc1cc(OCc2ccc(C)nc2C)cc2scc(CC(=O)O)c12. The fraction of sp³-hybridized carbons (Fsp3) is 0.300. The second-order valence-electron chi connectivity index (χ2n) is 6.13. The van der Waals surface area contributed by atoms with E-state index in [0.717, 1.165) is 50.3 Å². The number of rotatable bonds is 6. The van der Waals surface area contributed by atoms with E-state index in [9.17, 15) is 4.79 Å². The third-order valence-electron chi connectivity index (χ3n) is 4.26. The van der Waals surface area contributed by atoms with Crippen molar-refractivity contribution >= 4 is 27.4 Å². The minimum absolute atomic E-state index is 0.0570. The molecular weight excluding hydrogens is 334 g/mol. The van der Waals surface area contributed by atoms with E-state index in [0.29, 0.717) is 6.61 Å². The van der Waals surface area contributed by atoms with Gasteiger partial charge in [0.1, 0.15) is 12.4 Å². The summed E-state index contributed by atoms with van der Waals surface area (Å²) in [6, 6.07) is 8.07. The van der Waals surface area contributed by atoms with E-state index in [1.165, 1.54) is 0 Å². The van der Waals surface area contributed by atoms with Crippen LogP contribution in [0.1, 0.15) is 35.0 Å². The standard InChI is InChI=1S/C20H21NO3S/c1-4-14-7-17(24-10-15-6-5-12(2)21-13(15)3)9-18-20(14)16(11-25-18)8-19(22)23/h5-7,9,11H,4,8,10H2,1-3H3,(H,22,23). The highest BCUT2D eigenvalue weighted by Gasteiger charge is 2.13. The zero-order valence-corrected chi connectivity index (χ0v) is 15.4. The van der Waals surface area contributed by atoms with Crippen molar-refractivity contribution in [2.24, 2.45) is 0 Å². The summed E-state index contributed by atoms with van der Waals surface area (Å²) in [4.78, 5) is 15.5. The smallest absolute Gasteiger partial charge is 0.307 e. The van der Waals surface area contributed by atoms with Gasteiger partial charge in [-0.1, -0.05) is 13.0 Å². The third-order valence-corrected chi connectivity index (χ3v) is 5.24. The molecule has 0 bridgehead atoms. The first kappa shape index (κ1) is 17.4. The number of carbonyl (C=O) groups is 1. The highest BCUT2D eigenvalue weighted by atomic mass is 32.1. The number of aromatic nitrogens is 1. The second kappa shape index (κ2) is 7.23. The van der Waals surface area contributed by atoms with Crippen molar-refractivity contribution in [2.45, 2.75) is 40.2 Å². The molecule has 1 N–H and O–H groups in total. The number of thiophene rings is 1. The van der Waals surface area contributed by atoms with Crippen LogP contribution in [0.25, 0.3) is 10.1 Å². The molecule has 0 saturated carbocycles. The van der Waals surface area contributed by atoms with Gasteiger partial charge in [0.15, 0.2) is 0 Å². The fourth-order valence-corrected chi connectivity index (χ4v) is 4.01. The van der Waals surface area contributed by atoms with Gasteiger partial charge in [0.2, 0.25) is 0 Å². The first-order chi connectivity index (χ1) is 12.0. The number of ether oxygens (including phenoxy) is 1. The molecule has 0 radical (unpaired) electrons. The molecule has 0 amide bonds. The Balaban J connectivity index is 1.88. The normalized spacial score (nSPS) is 11.0. The Morgan fingerprint density at radius 1 is 1.20 bits per heavy atom. The van der Waals surface area contributed by atoms with Gasteiger partial charge in [-0.05, 0) is 60.4 Å². The molecule has 0 saturated heterocycles. The van der Waals surface area contributed by atoms with Crippen molar-refractivity contribution in [3.05, 3.63) is 57.7 Å². The van der Waals surface area contributed by atoms with E-state index in [4.69, 9.17) is 9.84 Å². The van der Waals surface area contributed by atoms with E-state index >= 15 is 0 Å². The Hall–Kier alpha value is -2.40. The highest BCUT2D eigenvalue weighted by molar-refractivity contribution is 7.17. The maximum atomic E-state index is 11.1. The van der Waals surface area contributed by atoms with Gasteiger partial charge in [-0.15, -0.1) is 11.3 Å². The lowest BCUT2D eigenvalue weighted by Gasteiger charge is -2.11. The number of hydrogen-bond acceptors (Lipinski definition) is 4. The Bertz CT molecular complexity index is 930. The van der Waals surface area contributed by atoms with Gasteiger partial charge in [0, 0.05) is 21.7 Å². The molecule has 4 nitrogen and oxygen atoms in total. The van der Waals surface area contributed by atoms with Crippen LogP contribution < -0.4 is 4.74 Å². The number of pyridine rings is 1. The lowest BCUT2D eigenvalue weighted by molar-refractivity contribution is -0.136. The van der Waals surface area contributed by atoms with E-state index in [1.807, 2.05) is 43.5 Å². The van der Waals surface area contributed by atoms with Crippen LogP contribution >= 0.6 is 11.3 Å². The number of carboxylic acids is 1. The quantitative estimate of drug-likeness (QED) is 0.697. The van der Waals surface area contributed by atoms with E-state index in [2.05, 4.69) is 11.9 Å². The third kappa shape index (κ3) is 3.82. The summed E-state index contributed by atoms with van der Waals surface area (Å²) in [5, 5.41) is 12.1. The predicted molar refractivity (Wildman–Crippen MR) is 101 cm³/mol. The van der Waals surface area contributed by atoms with Gasteiger partial charge in [-0.2, -0.15) is 0 Å².